The van der Waals surface area contributed by atoms with E-state index >= 15 is 0 Å². The predicted molar refractivity (Wildman–Crippen MR) is 94.9 cm³/mol. The van der Waals surface area contributed by atoms with Crippen molar-refractivity contribution in [2.45, 2.75) is 27.1 Å². The molecule has 128 valence electrons. The molecule has 0 fully saturated rings. The van der Waals surface area contributed by atoms with E-state index in [1.54, 1.807) is 6.07 Å². The third-order valence-electron chi connectivity index (χ3n) is 4.07. The maximum atomic E-state index is 13.7. The molecule has 0 N–H and O–H groups in total. The van der Waals surface area contributed by atoms with Crippen molar-refractivity contribution in [2.75, 3.05) is 0 Å². The Labute approximate surface area is 146 Å². The number of hydrogen-bond donors (Lipinski definition) is 0. The molecule has 0 aliphatic rings. The third kappa shape index (κ3) is 3.97. The fourth-order valence-electron chi connectivity index (χ4n) is 2.74. The van der Waals surface area contributed by atoms with Gasteiger partial charge in [0.15, 0.2) is 0 Å². The highest BCUT2D eigenvalue weighted by atomic mass is 19.1. The topological polar surface area (TPSA) is 35.5 Å². The first-order valence-corrected chi connectivity index (χ1v) is 8.06. The summed E-state index contributed by atoms with van der Waals surface area (Å²) in [6, 6.07) is 16.3. The largest absolute Gasteiger partial charge is 0.488 e. The van der Waals surface area contributed by atoms with Gasteiger partial charge in [0.1, 0.15) is 24.8 Å². The summed E-state index contributed by atoms with van der Waals surface area (Å²) < 4.78 is 24.9. The second-order valence-corrected chi connectivity index (χ2v) is 5.91. The SMILES string of the molecule is CC(=O)OCc1cc2ccc(F)cc2c(OCc2ccccc2)c1C. The van der Waals surface area contributed by atoms with E-state index in [9.17, 15) is 9.18 Å². The molecule has 0 heterocycles. The lowest BCUT2D eigenvalue weighted by molar-refractivity contribution is -0.142. The molecule has 25 heavy (non-hydrogen) atoms. The molecule has 0 saturated heterocycles. The van der Waals surface area contributed by atoms with Gasteiger partial charge in [-0.2, -0.15) is 0 Å². The number of fused-ring (bicyclic) bond motifs is 1. The van der Waals surface area contributed by atoms with Gasteiger partial charge in [-0.25, -0.2) is 4.39 Å². The summed E-state index contributed by atoms with van der Waals surface area (Å²) in [7, 11) is 0. The van der Waals surface area contributed by atoms with Crippen LogP contribution >= 0.6 is 0 Å². The molecule has 0 atom stereocenters. The summed E-state index contributed by atoms with van der Waals surface area (Å²) in [6.45, 7) is 3.81. The van der Waals surface area contributed by atoms with E-state index in [2.05, 4.69) is 0 Å². The number of benzene rings is 3. The van der Waals surface area contributed by atoms with Crippen molar-refractivity contribution in [1.82, 2.24) is 0 Å². The van der Waals surface area contributed by atoms with Crippen LogP contribution in [0.25, 0.3) is 10.8 Å². The van der Waals surface area contributed by atoms with E-state index < -0.39 is 0 Å². The van der Waals surface area contributed by atoms with Gasteiger partial charge in [-0.3, -0.25) is 4.79 Å². The van der Waals surface area contributed by atoms with E-state index in [4.69, 9.17) is 9.47 Å². The van der Waals surface area contributed by atoms with Crippen molar-refractivity contribution in [2.24, 2.45) is 0 Å². The predicted octanol–water partition coefficient (Wildman–Crippen LogP) is 4.93. The Morgan fingerprint density at radius 1 is 1.04 bits per heavy atom. The Morgan fingerprint density at radius 3 is 2.52 bits per heavy atom. The second kappa shape index (κ2) is 7.34. The molecule has 0 bridgehead atoms. The minimum Gasteiger partial charge on any atom is -0.488 e. The van der Waals surface area contributed by atoms with E-state index in [0.29, 0.717) is 17.7 Å². The van der Waals surface area contributed by atoms with E-state index in [-0.39, 0.29) is 18.4 Å². The zero-order chi connectivity index (χ0) is 17.8. The molecule has 3 rings (SSSR count). The summed E-state index contributed by atoms with van der Waals surface area (Å²) >= 11 is 0. The Kier molecular flexibility index (Phi) is 4.98. The number of carbonyl (C=O) groups is 1. The molecular formula is C21H19FO3. The zero-order valence-corrected chi connectivity index (χ0v) is 14.2. The Bertz CT molecular complexity index is 904. The van der Waals surface area contributed by atoms with Crippen molar-refractivity contribution in [3.63, 3.8) is 0 Å². The molecule has 0 spiro atoms. The molecule has 0 aliphatic heterocycles. The Hall–Kier alpha value is -2.88. The lowest BCUT2D eigenvalue weighted by atomic mass is 10.0. The molecule has 0 aliphatic carbocycles. The van der Waals surface area contributed by atoms with Crippen LogP contribution in [0.5, 0.6) is 5.75 Å². The van der Waals surface area contributed by atoms with Crippen LogP contribution in [0.2, 0.25) is 0 Å². The van der Waals surface area contributed by atoms with Crippen LogP contribution in [-0.4, -0.2) is 5.97 Å². The normalized spacial score (nSPS) is 10.7. The summed E-state index contributed by atoms with van der Waals surface area (Å²) in [4.78, 5) is 11.1. The molecule has 3 aromatic carbocycles. The lowest BCUT2D eigenvalue weighted by Crippen LogP contribution is -2.04. The number of ether oxygens (including phenoxy) is 2. The first-order valence-electron chi connectivity index (χ1n) is 8.06. The molecule has 3 aromatic rings. The van der Waals surface area contributed by atoms with Crippen LogP contribution in [0.4, 0.5) is 4.39 Å². The Balaban J connectivity index is 2.01. The first-order chi connectivity index (χ1) is 12.0. The molecule has 3 nitrogen and oxygen atoms in total. The average Bonchev–Trinajstić information content (AvgIpc) is 2.60. The average molecular weight is 338 g/mol. The second-order valence-electron chi connectivity index (χ2n) is 5.91. The van der Waals surface area contributed by atoms with Crippen LogP contribution in [0.1, 0.15) is 23.6 Å². The molecule has 0 unspecified atom stereocenters. The van der Waals surface area contributed by atoms with Gasteiger partial charge in [0.25, 0.3) is 0 Å². The van der Waals surface area contributed by atoms with Crippen LogP contribution in [0.15, 0.2) is 54.6 Å². The number of rotatable bonds is 5. The summed E-state index contributed by atoms with van der Waals surface area (Å²) in [5, 5.41) is 1.55. The summed E-state index contributed by atoms with van der Waals surface area (Å²) in [5.41, 5.74) is 2.71. The summed E-state index contributed by atoms with van der Waals surface area (Å²) in [6.07, 6.45) is 0. The lowest BCUT2D eigenvalue weighted by Gasteiger charge is -2.16. The zero-order valence-electron chi connectivity index (χ0n) is 14.2. The Morgan fingerprint density at radius 2 is 1.80 bits per heavy atom. The highest BCUT2D eigenvalue weighted by molar-refractivity contribution is 5.90. The monoisotopic (exact) mass is 338 g/mol. The highest BCUT2D eigenvalue weighted by Crippen LogP contribution is 2.34. The molecule has 4 heteroatoms. The standard InChI is InChI=1S/C21H19FO3/c1-14-18(13-24-15(2)23)10-17-8-9-19(22)11-20(17)21(14)25-12-16-6-4-3-5-7-16/h3-11H,12-13H2,1-2H3. The maximum Gasteiger partial charge on any atom is 0.302 e. The molecule has 0 amide bonds. The quantitative estimate of drug-likeness (QED) is 0.619. The van der Waals surface area contributed by atoms with Crippen LogP contribution in [-0.2, 0) is 22.7 Å². The van der Waals surface area contributed by atoms with E-state index in [0.717, 1.165) is 22.1 Å². The van der Waals surface area contributed by atoms with Gasteiger partial charge in [-0.05, 0) is 47.2 Å². The van der Waals surface area contributed by atoms with Gasteiger partial charge in [0.2, 0.25) is 0 Å². The number of hydrogen-bond acceptors (Lipinski definition) is 3. The van der Waals surface area contributed by atoms with Gasteiger partial charge in [-0.1, -0.05) is 36.4 Å². The van der Waals surface area contributed by atoms with Crippen LogP contribution in [0.3, 0.4) is 0 Å². The van der Waals surface area contributed by atoms with Gasteiger partial charge in [0, 0.05) is 12.3 Å². The first kappa shape index (κ1) is 17.0. The highest BCUT2D eigenvalue weighted by Gasteiger charge is 2.13. The van der Waals surface area contributed by atoms with Crippen molar-refractivity contribution >= 4 is 16.7 Å². The van der Waals surface area contributed by atoms with Crippen molar-refractivity contribution in [3.05, 3.63) is 77.1 Å². The van der Waals surface area contributed by atoms with Crippen LogP contribution < -0.4 is 4.74 Å². The maximum absolute atomic E-state index is 13.7. The smallest absolute Gasteiger partial charge is 0.302 e. The minimum atomic E-state index is -0.342. The fraction of sp³-hybridized carbons (Fsp3) is 0.190. The van der Waals surface area contributed by atoms with Crippen molar-refractivity contribution in [1.29, 1.82) is 0 Å². The molecular weight excluding hydrogens is 319 g/mol. The summed E-state index contributed by atoms with van der Waals surface area (Å²) in [5.74, 6) is -0.0439. The van der Waals surface area contributed by atoms with Gasteiger partial charge < -0.3 is 9.47 Å². The minimum absolute atomic E-state index is 0.163. The van der Waals surface area contributed by atoms with Crippen molar-refractivity contribution in [3.8, 4) is 5.75 Å². The molecule has 0 radical (unpaired) electrons. The number of halogens is 1. The molecule has 0 saturated carbocycles. The third-order valence-corrected chi connectivity index (χ3v) is 4.07. The number of esters is 1. The van der Waals surface area contributed by atoms with E-state index in [1.807, 2.05) is 43.3 Å². The molecule has 0 aromatic heterocycles. The number of carbonyl (C=O) groups excluding carboxylic acids is 1. The van der Waals surface area contributed by atoms with Gasteiger partial charge in [0.05, 0.1) is 0 Å². The fourth-order valence-corrected chi connectivity index (χ4v) is 2.74. The van der Waals surface area contributed by atoms with Crippen LogP contribution in [0, 0.1) is 12.7 Å². The van der Waals surface area contributed by atoms with Crippen molar-refractivity contribution < 1.29 is 18.7 Å². The van der Waals surface area contributed by atoms with Gasteiger partial charge >= 0.3 is 5.97 Å². The van der Waals surface area contributed by atoms with E-state index in [1.165, 1.54) is 19.1 Å². The van der Waals surface area contributed by atoms with Gasteiger partial charge in [-0.15, -0.1) is 0 Å².